The van der Waals surface area contributed by atoms with Crippen LogP contribution in [0.2, 0.25) is 0 Å². The molecule has 190 valence electrons. The summed E-state index contributed by atoms with van der Waals surface area (Å²) in [7, 11) is 0. The van der Waals surface area contributed by atoms with Gasteiger partial charge in [0.15, 0.2) is 11.5 Å². The number of likely N-dealkylation sites (tertiary alicyclic amines) is 1. The van der Waals surface area contributed by atoms with E-state index in [1.54, 1.807) is 31.0 Å². The molecule has 2 atom stereocenters. The number of nitrogens with zero attached hydrogens (tertiary/aromatic N) is 2. The predicted molar refractivity (Wildman–Crippen MR) is 130 cm³/mol. The van der Waals surface area contributed by atoms with Crippen LogP contribution in [0.4, 0.5) is 18.9 Å². The largest absolute Gasteiger partial charge is 0.486 e. The van der Waals surface area contributed by atoms with Crippen LogP contribution >= 0.6 is 0 Å². The molecule has 36 heavy (non-hydrogen) atoms. The van der Waals surface area contributed by atoms with Crippen molar-refractivity contribution in [1.82, 2.24) is 9.88 Å². The lowest BCUT2D eigenvalue weighted by atomic mass is 10.0. The Morgan fingerprint density at radius 3 is 2.50 bits per heavy atom. The van der Waals surface area contributed by atoms with E-state index in [9.17, 15) is 18.0 Å². The third-order valence-electron chi connectivity index (χ3n) is 6.64. The Balaban J connectivity index is 1.46. The van der Waals surface area contributed by atoms with Gasteiger partial charge in [0.05, 0.1) is 29.8 Å². The fourth-order valence-electron chi connectivity index (χ4n) is 4.50. The van der Waals surface area contributed by atoms with E-state index in [4.69, 9.17) is 9.47 Å². The highest BCUT2D eigenvalue weighted by atomic mass is 19.3. The Kier molecular flexibility index (Phi) is 6.64. The van der Waals surface area contributed by atoms with Crippen molar-refractivity contribution >= 4 is 22.5 Å². The van der Waals surface area contributed by atoms with E-state index in [0.29, 0.717) is 35.8 Å². The molecule has 0 unspecified atom stereocenters. The van der Waals surface area contributed by atoms with Gasteiger partial charge in [-0.05, 0) is 31.9 Å². The summed E-state index contributed by atoms with van der Waals surface area (Å²) in [5, 5.41) is 3.98. The monoisotopic (exact) mass is 499 g/mol. The summed E-state index contributed by atoms with van der Waals surface area (Å²) in [6, 6.07) is 8.87. The molecule has 9 heteroatoms. The van der Waals surface area contributed by atoms with Crippen molar-refractivity contribution in [2.45, 2.75) is 57.8 Å². The lowest BCUT2D eigenvalue weighted by Gasteiger charge is -2.21. The van der Waals surface area contributed by atoms with Crippen LogP contribution in [0.1, 0.15) is 56.7 Å². The molecule has 1 saturated carbocycles. The molecule has 1 aliphatic heterocycles. The summed E-state index contributed by atoms with van der Waals surface area (Å²) < 4.78 is 53.6. The first-order valence-corrected chi connectivity index (χ1v) is 12.1. The van der Waals surface area contributed by atoms with E-state index in [-0.39, 0.29) is 23.7 Å². The first kappa shape index (κ1) is 24.2. The highest BCUT2D eigenvalue weighted by molar-refractivity contribution is 5.93. The van der Waals surface area contributed by atoms with Crippen LogP contribution in [0.5, 0.6) is 11.5 Å². The van der Waals surface area contributed by atoms with Gasteiger partial charge in [0, 0.05) is 48.8 Å². The van der Waals surface area contributed by atoms with E-state index in [1.165, 1.54) is 12.1 Å². The Hall–Kier alpha value is -3.49. The normalized spacial score (nSPS) is 18.5. The highest BCUT2D eigenvalue weighted by Gasteiger charge is 2.29. The molecule has 0 radical (unpaired) electrons. The van der Waals surface area contributed by atoms with Crippen LogP contribution in [0, 0.1) is 5.82 Å². The quantitative estimate of drug-likeness (QED) is 0.410. The smallest absolute Gasteiger partial charge is 0.266 e. The number of nitrogens with one attached hydrogen (secondary N) is 1. The Morgan fingerprint density at radius 2 is 1.81 bits per heavy atom. The number of anilines is 1. The van der Waals surface area contributed by atoms with Gasteiger partial charge in [-0.3, -0.25) is 9.78 Å². The summed E-state index contributed by atoms with van der Waals surface area (Å²) in [6.45, 7) is 4.41. The van der Waals surface area contributed by atoms with Crippen molar-refractivity contribution in [2.75, 3.05) is 18.4 Å². The molecular weight excluding hydrogens is 471 g/mol. The third-order valence-corrected chi connectivity index (χ3v) is 6.64. The number of pyridine rings is 1. The first-order chi connectivity index (χ1) is 17.3. The Bertz CT molecular complexity index is 1280. The zero-order valence-electron chi connectivity index (χ0n) is 20.1. The fraction of sp³-hybridized carbons (Fsp3) is 0.407. The number of hydrogen-bond acceptors (Lipinski definition) is 5. The zero-order valence-corrected chi connectivity index (χ0v) is 20.1. The molecule has 2 aliphatic rings. The van der Waals surface area contributed by atoms with Crippen LogP contribution in [0.25, 0.3) is 10.9 Å². The van der Waals surface area contributed by atoms with Gasteiger partial charge in [-0.1, -0.05) is 18.2 Å². The molecule has 3 aromatic rings. The number of carbonyl (C=O) groups is 1. The van der Waals surface area contributed by atoms with Gasteiger partial charge >= 0.3 is 0 Å². The minimum atomic E-state index is -2.89. The summed E-state index contributed by atoms with van der Waals surface area (Å²) in [4.78, 5) is 18.0. The highest BCUT2D eigenvalue weighted by Crippen LogP contribution is 2.40. The van der Waals surface area contributed by atoms with Crippen LogP contribution < -0.4 is 14.8 Å². The number of halogens is 3. The number of alkyl halides is 2. The topological polar surface area (TPSA) is 63.7 Å². The second kappa shape index (κ2) is 9.87. The number of fused-ring (bicyclic) bond motifs is 1. The molecular formula is C27H28F3N3O3. The van der Waals surface area contributed by atoms with E-state index >= 15 is 0 Å². The molecule has 0 bridgehead atoms. The molecule has 1 aliphatic carbocycles. The summed E-state index contributed by atoms with van der Waals surface area (Å²) >= 11 is 0. The second-order valence-corrected chi connectivity index (χ2v) is 9.40. The summed E-state index contributed by atoms with van der Waals surface area (Å²) in [5.41, 5.74) is 0.857. The van der Waals surface area contributed by atoms with Gasteiger partial charge in [0.1, 0.15) is 11.9 Å². The van der Waals surface area contributed by atoms with Crippen molar-refractivity contribution in [1.29, 1.82) is 0 Å². The van der Waals surface area contributed by atoms with Gasteiger partial charge in [-0.25, -0.2) is 13.2 Å². The van der Waals surface area contributed by atoms with E-state index in [0.717, 1.165) is 30.7 Å². The fourth-order valence-corrected chi connectivity index (χ4v) is 4.50. The molecule has 2 aromatic carbocycles. The third kappa shape index (κ3) is 5.05. The molecule has 2 fully saturated rings. The number of ether oxygens (including phenoxy) is 2. The van der Waals surface area contributed by atoms with Crippen LogP contribution in [0.15, 0.2) is 42.6 Å². The second-order valence-electron chi connectivity index (χ2n) is 9.40. The SMILES string of the molecule is CC(=O)N1CC[C@H](Oc2cc3c(N[C@H](C)c4cccc(C(F)F)c4F)ccnc3cc2OC2CC2)C1. The summed E-state index contributed by atoms with van der Waals surface area (Å²) in [5.74, 6) is 0.257. The lowest BCUT2D eigenvalue weighted by molar-refractivity contribution is -0.128. The lowest BCUT2D eigenvalue weighted by Crippen LogP contribution is -2.28. The molecule has 2 heterocycles. The predicted octanol–water partition coefficient (Wildman–Crippen LogP) is 6.03. The van der Waals surface area contributed by atoms with Crippen LogP contribution in [-0.2, 0) is 4.79 Å². The number of amides is 1. The number of rotatable bonds is 8. The maximum Gasteiger partial charge on any atom is 0.266 e. The van der Waals surface area contributed by atoms with Crippen LogP contribution in [-0.4, -0.2) is 41.1 Å². The van der Waals surface area contributed by atoms with Crippen LogP contribution in [0.3, 0.4) is 0 Å². The van der Waals surface area contributed by atoms with Crippen molar-refractivity contribution in [3.05, 3.63) is 59.5 Å². The van der Waals surface area contributed by atoms with Gasteiger partial charge < -0.3 is 19.7 Å². The molecule has 1 N–H and O–H groups in total. The maximum atomic E-state index is 14.8. The van der Waals surface area contributed by atoms with Crippen molar-refractivity contribution in [3.63, 3.8) is 0 Å². The Morgan fingerprint density at radius 1 is 1.08 bits per heavy atom. The maximum absolute atomic E-state index is 14.8. The minimum absolute atomic E-state index is 0.0156. The first-order valence-electron chi connectivity index (χ1n) is 12.1. The molecule has 6 nitrogen and oxygen atoms in total. The van der Waals surface area contributed by atoms with Gasteiger partial charge in [-0.2, -0.15) is 0 Å². The molecule has 5 rings (SSSR count). The molecule has 1 amide bonds. The van der Waals surface area contributed by atoms with Crippen molar-refractivity contribution in [3.8, 4) is 11.5 Å². The average molecular weight is 500 g/mol. The molecule has 1 saturated heterocycles. The van der Waals surface area contributed by atoms with E-state index in [1.807, 2.05) is 12.1 Å². The molecule has 1 aromatic heterocycles. The number of benzene rings is 2. The number of hydrogen-bond donors (Lipinski definition) is 1. The Labute approximate surface area is 207 Å². The van der Waals surface area contributed by atoms with Gasteiger partial charge in [-0.15, -0.1) is 0 Å². The van der Waals surface area contributed by atoms with Crippen molar-refractivity contribution < 1.29 is 27.4 Å². The van der Waals surface area contributed by atoms with Gasteiger partial charge in [0.25, 0.3) is 6.43 Å². The minimum Gasteiger partial charge on any atom is -0.486 e. The average Bonchev–Trinajstić information content (AvgIpc) is 3.53. The van der Waals surface area contributed by atoms with E-state index < -0.39 is 23.8 Å². The number of aromatic nitrogens is 1. The summed E-state index contributed by atoms with van der Waals surface area (Å²) in [6.07, 6.45) is 1.41. The van der Waals surface area contributed by atoms with Crippen molar-refractivity contribution in [2.24, 2.45) is 0 Å². The standard InChI is InChI=1S/C27H28F3N3O3/c1-15(19-4-3-5-20(26(19)28)27(29)30)32-22-8-10-31-23-13-25(35-17-6-7-17)24(12-21(22)23)36-18-9-11-33(14-18)16(2)34/h3-5,8,10,12-13,15,17-18,27H,6-7,9,11,14H2,1-2H3,(H,31,32)/t15-,18+/m1/s1. The molecule has 0 spiro atoms. The van der Waals surface area contributed by atoms with Gasteiger partial charge in [0.2, 0.25) is 5.91 Å². The van der Waals surface area contributed by atoms with E-state index in [2.05, 4.69) is 10.3 Å². The zero-order chi connectivity index (χ0) is 25.4. The number of carbonyl (C=O) groups excluding carboxylic acids is 1.